The van der Waals surface area contributed by atoms with Gasteiger partial charge in [-0.3, -0.25) is 0 Å². The molecule has 1 atom stereocenters. The molecule has 0 N–H and O–H groups in total. The van der Waals surface area contributed by atoms with Crippen LogP contribution in [0.4, 0.5) is 0 Å². The molecule has 3 heteroatoms. The van der Waals surface area contributed by atoms with Crippen LogP contribution in [0.1, 0.15) is 18.5 Å². The first-order chi connectivity index (χ1) is 7.40. The highest BCUT2D eigenvalue weighted by Crippen LogP contribution is 2.24. The maximum absolute atomic E-state index is 5.41. The molecule has 2 nitrogen and oxygen atoms in total. The fourth-order valence-electron chi connectivity index (χ4n) is 1.68. The molecule has 0 saturated carbocycles. The van der Waals surface area contributed by atoms with Crippen molar-refractivity contribution in [3.8, 4) is 5.75 Å². The van der Waals surface area contributed by atoms with Crippen molar-refractivity contribution in [1.82, 2.24) is 5.32 Å². The van der Waals surface area contributed by atoms with E-state index >= 15 is 0 Å². The predicted molar refractivity (Wildman–Crippen MR) is 64.7 cm³/mol. The van der Waals surface area contributed by atoms with Gasteiger partial charge in [0.15, 0.2) is 0 Å². The number of thioether (sulfide) groups is 1. The first-order valence-electron chi connectivity index (χ1n) is 5.37. The van der Waals surface area contributed by atoms with Gasteiger partial charge in [0, 0.05) is 18.1 Å². The second-order valence-corrected chi connectivity index (χ2v) is 4.65. The van der Waals surface area contributed by atoms with Crippen LogP contribution >= 0.6 is 11.8 Å². The van der Waals surface area contributed by atoms with Gasteiger partial charge in [-0.25, -0.2) is 5.32 Å². The molecule has 0 amide bonds. The molecule has 1 fully saturated rings. The van der Waals surface area contributed by atoms with E-state index in [0.717, 1.165) is 24.7 Å². The van der Waals surface area contributed by atoms with E-state index in [4.69, 9.17) is 4.74 Å². The van der Waals surface area contributed by atoms with Crippen molar-refractivity contribution in [1.29, 1.82) is 0 Å². The number of hydrogen-bond acceptors (Lipinski definition) is 2. The summed E-state index contributed by atoms with van der Waals surface area (Å²) >= 11 is 1.99. The van der Waals surface area contributed by atoms with Gasteiger partial charge >= 0.3 is 0 Å². The maximum atomic E-state index is 5.41. The summed E-state index contributed by atoms with van der Waals surface area (Å²) in [5.74, 6) is 3.24. The van der Waals surface area contributed by atoms with Crippen molar-refractivity contribution in [3.05, 3.63) is 29.8 Å². The first-order valence-corrected chi connectivity index (χ1v) is 6.52. The minimum Gasteiger partial charge on any atom is -0.494 e. The van der Waals surface area contributed by atoms with Gasteiger partial charge in [-0.05, 0) is 24.6 Å². The van der Waals surface area contributed by atoms with Crippen LogP contribution in [-0.2, 0) is 0 Å². The highest BCUT2D eigenvalue weighted by Gasteiger charge is 2.15. The number of rotatable bonds is 3. The Hall–Kier alpha value is -0.670. The van der Waals surface area contributed by atoms with E-state index in [-0.39, 0.29) is 0 Å². The summed E-state index contributed by atoms with van der Waals surface area (Å²) < 4.78 is 5.41. The van der Waals surface area contributed by atoms with Gasteiger partial charge in [0.2, 0.25) is 0 Å². The van der Waals surface area contributed by atoms with Crippen molar-refractivity contribution in [2.24, 2.45) is 0 Å². The third-order valence-corrected chi connectivity index (χ3v) is 3.46. The van der Waals surface area contributed by atoms with E-state index in [2.05, 4.69) is 17.4 Å². The van der Waals surface area contributed by atoms with Gasteiger partial charge in [-0.15, -0.1) is 0 Å². The Morgan fingerprint density at radius 2 is 2.20 bits per heavy atom. The Kier molecular flexibility index (Phi) is 3.92. The van der Waals surface area contributed by atoms with Crippen molar-refractivity contribution in [2.75, 3.05) is 24.7 Å². The second-order valence-electron chi connectivity index (χ2n) is 3.50. The van der Waals surface area contributed by atoms with Gasteiger partial charge in [0.05, 0.1) is 12.6 Å². The van der Waals surface area contributed by atoms with Crippen LogP contribution in [0.3, 0.4) is 0 Å². The third kappa shape index (κ3) is 2.89. The average molecular weight is 222 g/mol. The molecule has 1 aliphatic heterocycles. The molecule has 0 bridgehead atoms. The first kappa shape index (κ1) is 10.8. The van der Waals surface area contributed by atoms with Crippen LogP contribution < -0.4 is 10.1 Å². The summed E-state index contributed by atoms with van der Waals surface area (Å²) in [5, 5.41) is 4.61. The highest BCUT2D eigenvalue weighted by atomic mass is 32.2. The Morgan fingerprint density at radius 1 is 1.40 bits per heavy atom. The summed E-state index contributed by atoms with van der Waals surface area (Å²) in [6.45, 7) is 3.71. The normalized spacial score (nSPS) is 21.3. The summed E-state index contributed by atoms with van der Waals surface area (Å²) in [6.07, 6.45) is 0. The third-order valence-electron chi connectivity index (χ3n) is 2.44. The zero-order valence-electron chi connectivity index (χ0n) is 8.98. The van der Waals surface area contributed by atoms with Crippen LogP contribution in [-0.4, -0.2) is 24.7 Å². The maximum Gasteiger partial charge on any atom is 0.119 e. The van der Waals surface area contributed by atoms with Gasteiger partial charge in [0.1, 0.15) is 5.75 Å². The lowest BCUT2D eigenvalue weighted by Gasteiger charge is -2.21. The van der Waals surface area contributed by atoms with E-state index in [0.29, 0.717) is 6.04 Å². The van der Waals surface area contributed by atoms with Crippen molar-refractivity contribution >= 4 is 11.8 Å². The van der Waals surface area contributed by atoms with Crippen molar-refractivity contribution in [3.63, 3.8) is 0 Å². The summed E-state index contributed by atoms with van der Waals surface area (Å²) in [5.41, 5.74) is 1.31. The van der Waals surface area contributed by atoms with E-state index < -0.39 is 0 Å². The molecular weight excluding hydrogens is 206 g/mol. The van der Waals surface area contributed by atoms with Crippen LogP contribution in [0.5, 0.6) is 5.75 Å². The van der Waals surface area contributed by atoms with Crippen LogP contribution in [0.2, 0.25) is 0 Å². The summed E-state index contributed by atoms with van der Waals surface area (Å²) in [6, 6.07) is 8.72. The highest BCUT2D eigenvalue weighted by molar-refractivity contribution is 7.99. The van der Waals surface area contributed by atoms with Gasteiger partial charge < -0.3 is 4.74 Å². The minimum atomic E-state index is 0.388. The SMILES string of the molecule is CCOc1ccc(C2CSCC[N]2)cc1. The fourth-order valence-corrected chi connectivity index (χ4v) is 2.60. The Labute approximate surface area is 95.4 Å². The van der Waals surface area contributed by atoms with Crippen LogP contribution in [0, 0.1) is 0 Å². The fraction of sp³-hybridized carbons (Fsp3) is 0.500. The lowest BCUT2D eigenvalue weighted by Crippen LogP contribution is -2.23. The van der Waals surface area contributed by atoms with E-state index in [1.807, 2.05) is 30.8 Å². The van der Waals surface area contributed by atoms with E-state index in [1.54, 1.807) is 0 Å². The molecule has 1 aromatic carbocycles. The second kappa shape index (κ2) is 5.42. The molecule has 1 radical (unpaired) electrons. The zero-order valence-corrected chi connectivity index (χ0v) is 9.80. The number of nitrogens with zero attached hydrogens (tertiary/aromatic N) is 1. The molecule has 81 valence electrons. The molecule has 15 heavy (non-hydrogen) atoms. The summed E-state index contributed by atoms with van der Waals surface area (Å²) in [4.78, 5) is 0. The molecule has 0 aliphatic carbocycles. The summed E-state index contributed by atoms with van der Waals surface area (Å²) in [7, 11) is 0. The zero-order chi connectivity index (χ0) is 10.5. The lowest BCUT2D eigenvalue weighted by atomic mass is 10.1. The van der Waals surface area contributed by atoms with Gasteiger partial charge in [0.25, 0.3) is 0 Å². The minimum absolute atomic E-state index is 0.388. The molecule has 0 spiro atoms. The molecule has 1 heterocycles. The number of benzene rings is 1. The molecule has 1 aromatic rings. The molecule has 0 aromatic heterocycles. The lowest BCUT2D eigenvalue weighted by molar-refractivity contribution is 0.340. The average Bonchev–Trinajstić information content (AvgIpc) is 2.32. The molecule has 1 unspecified atom stereocenters. The number of ether oxygens (including phenoxy) is 1. The molecular formula is C12H16NOS. The van der Waals surface area contributed by atoms with Gasteiger partial charge in [-0.2, -0.15) is 11.8 Å². The molecule has 1 aliphatic rings. The van der Waals surface area contributed by atoms with E-state index in [1.165, 1.54) is 11.3 Å². The van der Waals surface area contributed by atoms with Crippen molar-refractivity contribution < 1.29 is 4.74 Å². The largest absolute Gasteiger partial charge is 0.494 e. The predicted octanol–water partition coefficient (Wildman–Crippen LogP) is 2.48. The number of hydrogen-bond donors (Lipinski definition) is 0. The van der Waals surface area contributed by atoms with Crippen molar-refractivity contribution in [2.45, 2.75) is 13.0 Å². The monoisotopic (exact) mass is 222 g/mol. The van der Waals surface area contributed by atoms with Crippen LogP contribution in [0.15, 0.2) is 24.3 Å². The van der Waals surface area contributed by atoms with Gasteiger partial charge in [-0.1, -0.05) is 12.1 Å². The molecule has 2 rings (SSSR count). The smallest absolute Gasteiger partial charge is 0.119 e. The topological polar surface area (TPSA) is 23.3 Å². The standard InChI is InChI=1S/C12H16NOS/c1-2-14-11-5-3-10(4-6-11)12-9-15-8-7-13-12/h3-6,12H,2,7-9H2,1H3. The Balaban J connectivity index is 2.02. The quantitative estimate of drug-likeness (QED) is 0.784. The molecule has 1 saturated heterocycles. The Bertz CT molecular complexity index is 293. The van der Waals surface area contributed by atoms with Crippen LogP contribution in [0.25, 0.3) is 0 Å². The Morgan fingerprint density at radius 3 is 2.80 bits per heavy atom. The van der Waals surface area contributed by atoms with E-state index in [9.17, 15) is 0 Å².